The van der Waals surface area contributed by atoms with Crippen molar-refractivity contribution in [3.63, 3.8) is 0 Å². The lowest BCUT2D eigenvalue weighted by molar-refractivity contribution is -0.118. The smallest absolute Gasteiger partial charge is 0.230 e. The van der Waals surface area contributed by atoms with Crippen molar-refractivity contribution < 1.29 is 9.53 Å². The maximum absolute atomic E-state index is 11.8. The van der Waals surface area contributed by atoms with E-state index in [4.69, 9.17) is 4.74 Å². The average Bonchev–Trinajstić information content (AvgIpc) is 3.03. The molecule has 0 radical (unpaired) electrons. The van der Waals surface area contributed by atoms with E-state index in [0.717, 1.165) is 11.3 Å². The topological polar surface area (TPSA) is 94.3 Å². The van der Waals surface area contributed by atoms with Gasteiger partial charge in [-0.25, -0.2) is 0 Å². The average molecular weight is 344 g/mol. The number of ether oxygens (including phenoxy) is 1. The second-order valence-corrected chi connectivity index (χ2v) is 5.79. The Kier molecular flexibility index (Phi) is 5.34. The van der Waals surface area contributed by atoms with Crippen LogP contribution in [-0.4, -0.2) is 56.7 Å². The Balaban J connectivity index is 1.73. The van der Waals surface area contributed by atoms with Crippen LogP contribution in [0.25, 0.3) is 16.9 Å². The largest absolute Gasteiger partial charge is 0.383 e. The molecule has 3 aromatic rings. The number of aromatic nitrogens is 5. The van der Waals surface area contributed by atoms with Crippen molar-refractivity contribution in [2.24, 2.45) is 0 Å². The molecule has 0 saturated heterocycles. The lowest BCUT2D eigenvalue weighted by Gasteiger charge is -2.04. The summed E-state index contributed by atoms with van der Waals surface area (Å²) in [7, 11) is 1.59. The third-order valence-electron chi connectivity index (χ3n) is 3.15. The molecule has 3 heterocycles. The summed E-state index contributed by atoms with van der Waals surface area (Å²) in [6.07, 6.45) is 3.46. The number of carbonyl (C=O) groups is 1. The minimum Gasteiger partial charge on any atom is -0.383 e. The van der Waals surface area contributed by atoms with Gasteiger partial charge in [-0.1, -0.05) is 11.8 Å². The van der Waals surface area contributed by atoms with Crippen LogP contribution in [0, 0.1) is 0 Å². The number of thioether (sulfide) groups is 1. The van der Waals surface area contributed by atoms with Crippen molar-refractivity contribution in [1.29, 1.82) is 0 Å². The summed E-state index contributed by atoms with van der Waals surface area (Å²) in [5.74, 6) is 0.153. The highest BCUT2D eigenvalue weighted by Crippen LogP contribution is 2.19. The number of hydrogen-bond donors (Lipinski definition) is 1. The van der Waals surface area contributed by atoms with Crippen LogP contribution < -0.4 is 5.32 Å². The Labute approximate surface area is 142 Å². The third-order valence-corrected chi connectivity index (χ3v) is 4.07. The molecular weight excluding hydrogens is 328 g/mol. The fraction of sp³-hybridized carbons (Fsp3) is 0.267. The Bertz CT molecular complexity index is 823. The van der Waals surface area contributed by atoms with Gasteiger partial charge in [-0.2, -0.15) is 9.61 Å². The number of nitrogens with one attached hydrogen (secondary N) is 1. The highest BCUT2D eigenvalue weighted by Gasteiger charge is 2.11. The molecule has 0 unspecified atom stereocenters. The molecule has 1 amide bonds. The van der Waals surface area contributed by atoms with E-state index in [1.54, 1.807) is 24.0 Å². The Morgan fingerprint density at radius 1 is 1.33 bits per heavy atom. The molecule has 124 valence electrons. The van der Waals surface area contributed by atoms with Gasteiger partial charge in [-0.15, -0.1) is 10.2 Å². The molecule has 0 aliphatic heterocycles. The van der Waals surface area contributed by atoms with Gasteiger partial charge in [0.2, 0.25) is 11.1 Å². The summed E-state index contributed by atoms with van der Waals surface area (Å²) in [6, 6.07) is 7.49. The van der Waals surface area contributed by atoms with Crippen LogP contribution >= 0.6 is 11.8 Å². The number of amides is 1. The third kappa shape index (κ3) is 3.87. The molecule has 24 heavy (non-hydrogen) atoms. The zero-order valence-corrected chi connectivity index (χ0v) is 13.9. The summed E-state index contributed by atoms with van der Waals surface area (Å²) >= 11 is 1.28. The molecule has 0 aliphatic carbocycles. The number of carbonyl (C=O) groups excluding carboxylic acids is 1. The molecule has 0 atom stereocenters. The number of methoxy groups -OCH3 is 1. The summed E-state index contributed by atoms with van der Waals surface area (Å²) in [4.78, 5) is 15.9. The Hall–Kier alpha value is -2.52. The van der Waals surface area contributed by atoms with E-state index in [1.165, 1.54) is 11.8 Å². The second kappa shape index (κ2) is 7.84. The maximum Gasteiger partial charge on any atom is 0.230 e. The van der Waals surface area contributed by atoms with Gasteiger partial charge in [-0.05, 0) is 24.3 Å². The fourth-order valence-electron chi connectivity index (χ4n) is 2.00. The first-order chi connectivity index (χ1) is 11.8. The van der Waals surface area contributed by atoms with Crippen LogP contribution in [0.4, 0.5) is 0 Å². The predicted molar refractivity (Wildman–Crippen MR) is 89.6 cm³/mol. The lowest BCUT2D eigenvalue weighted by Crippen LogP contribution is -2.28. The van der Waals surface area contributed by atoms with Gasteiger partial charge >= 0.3 is 0 Å². The van der Waals surface area contributed by atoms with Crippen molar-refractivity contribution in [1.82, 2.24) is 30.1 Å². The molecule has 9 heteroatoms. The second-order valence-electron chi connectivity index (χ2n) is 4.84. The molecule has 1 N–H and O–H groups in total. The first-order valence-electron chi connectivity index (χ1n) is 7.29. The summed E-state index contributed by atoms with van der Waals surface area (Å²) < 4.78 is 6.53. The SMILES string of the molecule is COCCNC(=O)CSc1nnc2ccc(-c3cccnc3)nn12. The Morgan fingerprint density at radius 2 is 2.25 bits per heavy atom. The predicted octanol–water partition coefficient (Wildman–Crippen LogP) is 1.04. The number of nitrogens with zero attached hydrogens (tertiary/aromatic N) is 5. The molecule has 0 spiro atoms. The molecular formula is C15H16N6O2S. The zero-order chi connectivity index (χ0) is 16.8. The van der Waals surface area contributed by atoms with Crippen molar-refractivity contribution >= 4 is 23.3 Å². The first-order valence-corrected chi connectivity index (χ1v) is 8.28. The quantitative estimate of drug-likeness (QED) is 0.505. The van der Waals surface area contributed by atoms with E-state index in [1.807, 2.05) is 24.3 Å². The lowest BCUT2D eigenvalue weighted by atomic mass is 10.2. The molecule has 0 bridgehead atoms. The normalized spacial score (nSPS) is 10.9. The van der Waals surface area contributed by atoms with Gasteiger partial charge in [0.25, 0.3) is 0 Å². The van der Waals surface area contributed by atoms with Crippen LogP contribution in [0.5, 0.6) is 0 Å². The number of fused-ring (bicyclic) bond motifs is 1. The Morgan fingerprint density at radius 3 is 3.04 bits per heavy atom. The van der Waals surface area contributed by atoms with Gasteiger partial charge in [0.05, 0.1) is 18.1 Å². The van der Waals surface area contributed by atoms with Gasteiger partial charge in [0, 0.05) is 31.6 Å². The summed E-state index contributed by atoms with van der Waals surface area (Å²) in [5, 5.41) is 16.0. The van der Waals surface area contributed by atoms with Crippen LogP contribution in [0.2, 0.25) is 0 Å². The highest BCUT2D eigenvalue weighted by molar-refractivity contribution is 7.99. The minimum atomic E-state index is -0.0859. The van der Waals surface area contributed by atoms with E-state index in [9.17, 15) is 4.79 Å². The number of pyridine rings is 1. The minimum absolute atomic E-state index is 0.0859. The summed E-state index contributed by atoms with van der Waals surface area (Å²) in [6.45, 7) is 0.972. The van der Waals surface area contributed by atoms with Gasteiger partial charge < -0.3 is 10.1 Å². The van der Waals surface area contributed by atoms with Crippen LogP contribution in [0.15, 0.2) is 41.8 Å². The van der Waals surface area contributed by atoms with Crippen LogP contribution in [0.1, 0.15) is 0 Å². The van der Waals surface area contributed by atoms with Crippen molar-refractivity contribution in [3.8, 4) is 11.3 Å². The van der Waals surface area contributed by atoms with E-state index in [-0.39, 0.29) is 11.7 Å². The molecule has 3 aromatic heterocycles. The first kappa shape index (κ1) is 16.3. The van der Waals surface area contributed by atoms with E-state index in [0.29, 0.717) is 24.0 Å². The molecule has 0 aliphatic rings. The van der Waals surface area contributed by atoms with Gasteiger partial charge in [-0.3, -0.25) is 9.78 Å². The maximum atomic E-state index is 11.8. The van der Waals surface area contributed by atoms with Gasteiger partial charge in [0.1, 0.15) is 0 Å². The molecule has 0 fully saturated rings. The monoisotopic (exact) mass is 344 g/mol. The summed E-state index contributed by atoms with van der Waals surface area (Å²) in [5.41, 5.74) is 2.30. The highest BCUT2D eigenvalue weighted by atomic mass is 32.2. The molecule has 3 rings (SSSR count). The van der Waals surface area contributed by atoms with E-state index in [2.05, 4.69) is 25.6 Å². The van der Waals surface area contributed by atoms with Crippen LogP contribution in [0.3, 0.4) is 0 Å². The molecule has 0 aromatic carbocycles. The van der Waals surface area contributed by atoms with Crippen molar-refractivity contribution in [2.75, 3.05) is 26.0 Å². The number of hydrogen-bond acceptors (Lipinski definition) is 7. The van der Waals surface area contributed by atoms with Crippen LogP contribution in [-0.2, 0) is 9.53 Å². The molecule has 0 saturated carbocycles. The molecule has 8 nitrogen and oxygen atoms in total. The van der Waals surface area contributed by atoms with E-state index < -0.39 is 0 Å². The zero-order valence-electron chi connectivity index (χ0n) is 13.0. The van der Waals surface area contributed by atoms with Gasteiger partial charge in [0.15, 0.2) is 5.65 Å². The van der Waals surface area contributed by atoms with E-state index >= 15 is 0 Å². The van der Waals surface area contributed by atoms with Crippen molar-refractivity contribution in [3.05, 3.63) is 36.7 Å². The fourth-order valence-corrected chi connectivity index (χ4v) is 2.72. The van der Waals surface area contributed by atoms with Crippen molar-refractivity contribution in [2.45, 2.75) is 5.16 Å². The number of rotatable bonds is 7. The standard InChI is InChI=1S/C15H16N6O2S/c1-23-8-7-17-14(22)10-24-15-19-18-13-5-4-12(20-21(13)15)11-3-2-6-16-9-11/h2-6,9H,7-8,10H2,1H3,(H,17,22).